The van der Waals surface area contributed by atoms with Crippen LogP contribution >= 0.6 is 0 Å². The zero-order valence-electron chi connectivity index (χ0n) is 9.11. The number of benzene rings is 1. The molecule has 0 aliphatic rings. The number of carboxylic acids is 1. The van der Waals surface area contributed by atoms with Gasteiger partial charge in [0.1, 0.15) is 12.7 Å². The van der Waals surface area contributed by atoms with Crippen LogP contribution in [0.3, 0.4) is 0 Å². The number of carbonyl (C=O) groups is 1. The number of nitrogens with one attached hydrogen (secondary N) is 1. The van der Waals surface area contributed by atoms with Crippen molar-refractivity contribution in [2.45, 2.75) is 19.1 Å². The number of hydrogen-bond donors (Lipinski definition) is 3. The van der Waals surface area contributed by atoms with Crippen LogP contribution in [-0.2, 0) is 17.9 Å². The number of aliphatic carboxylic acids is 1. The van der Waals surface area contributed by atoms with Crippen LogP contribution < -0.4 is 5.73 Å². The molecule has 1 aromatic heterocycles. The average Bonchev–Trinajstić information content (AvgIpc) is 2.71. The summed E-state index contributed by atoms with van der Waals surface area (Å²) in [5.74, 6) is -1.04. The topological polar surface area (TPSA) is 79.1 Å². The molecule has 0 radical (unpaired) electrons. The summed E-state index contributed by atoms with van der Waals surface area (Å²) in [5, 5.41) is 9.59. The first-order chi connectivity index (χ1) is 8.11. The van der Waals surface area contributed by atoms with Crippen molar-refractivity contribution in [2.75, 3.05) is 0 Å². The van der Waals surface area contributed by atoms with E-state index in [1.165, 1.54) is 0 Å². The van der Waals surface area contributed by atoms with Gasteiger partial charge in [0.25, 0.3) is 0 Å². The summed E-state index contributed by atoms with van der Waals surface area (Å²) in [6, 6.07) is 4.25. The molecule has 17 heavy (non-hydrogen) atoms. The number of halogens is 1. The van der Waals surface area contributed by atoms with Crippen molar-refractivity contribution in [1.82, 2.24) is 4.98 Å². The van der Waals surface area contributed by atoms with Gasteiger partial charge in [-0.1, -0.05) is 6.07 Å². The zero-order valence-corrected chi connectivity index (χ0v) is 9.11. The van der Waals surface area contributed by atoms with Gasteiger partial charge in [0.05, 0.1) is 0 Å². The minimum atomic E-state index is -1.04. The van der Waals surface area contributed by atoms with E-state index in [1.807, 2.05) is 0 Å². The van der Waals surface area contributed by atoms with Gasteiger partial charge in [0.2, 0.25) is 0 Å². The SMILES string of the molecule is N[C@@H](Cc1c[nH]c2ccc(CF)cc12)C(=O)O. The van der Waals surface area contributed by atoms with E-state index >= 15 is 0 Å². The molecule has 4 nitrogen and oxygen atoms in total. The highest BCUT2D eigenvalue weighted by Crippen LogP contribution is 2.21. The largest absolute Gasteiger partial charge is 0.480 e. The lowest BCUT2D eigenvalue weighted by Gasteiger charge is -2.05. The predicted molar refractivity (Wildman–Crippen MR) is 62.4 cm³/mol. The highest BCUT2D eigenvalue weighted by atomic mass is 19.1. The Morgan fingerprint density at radius 3 is 2.94 bits per heavy atom. The number of nitrogens with two attached hydrogens (primary N) is 1. The van der Waals surface area contributed by atoms with E-state index in [2.05, 4.69) is 4.98 Å². The lowest BCUT2D eigenvalue weighted by atomic mass is 10.0. The summed E-state index contributed by atoms with van der Waals surface area (Å²) in [7, 11) is 0. The molecular weight excluding hydrogens is 223 g/mol. The van der Waals surface area contributed by atoms with E-state index in [-0.39, 0.29) is 6.42 Å². The average molecular weight is 236 g/mol. The number of aromatic nitrogens is 1. The summed E-state index contributed by atoms with van der Waals surface area (Å²) in [5.41, 5.74) is 7.71. The van der Waals surface area contributed by atoms with Crippen molar-refractivity contribution in [3.8, 4) is 0 Å². The highest BCUT2D eigenvalue weighted by molar-refractivity contribution is 5.85. The van der Waals surface area contributed by atoms with E-state index in [0.717, 1.165) is 16.5 Å². The molecular formula is C12H13FN2O2. The van der Waals surface area contributed by atoms with Crippen LogP contribution in [0.15, 0.2) is 24.4 Å². The second-order valence-electron chi connectivity index (χ2n) is 3.98. The summed E-state index contributed by atoms with van der Waals surface area (Å²) >= 11 is 0. The first-order valence-corrected chi connectivity index (χ1v) is 5.25. The van der Waals surface area contributed by atoms with Crippen molar-refractivity contribution in [2.24, 2.45) is 5.73 Å². The normalized spacial score (nSPS) is 12.8. The predicted octanol–water partition coefficient (Wildman–Crippen LogP) is 1.59. The van der Waals surface area contributed by atoms with E-state index in [0.29, 0.717) is 5.56 Å². The number of rotatable bonds is 4. The second kappa shape index (κ2) is 4.55. The minimum Gasteiger partial charge on any atom is -0.480 e. The Labute approximate surface area is 97.2 Å². The van der Waals surface area contributed by atoms with Gasteiger partial charge >= 0.3 is 5.97 Å². The van der Waals surface area contributed by atoms with Gasteiger partial charge in [-0.2, -0.15) is 0 Å². The molecule has 1 heterocycles. The minimum absolute atomic E-state index is 0.227. The van der Waals surface area contributed by atoms with Crippen LogP contribution in [0.2, 0.25) is 0 Å². The number of hydrogen-bond acceptors (Lipinski definition) is 2. The molecule has 0 aliphatic carbocycles. The maximum atomic E-state index is 12.6. The lowest BCUT2D eigenvalue weighted by molar-refractivity contribution is -0.138. The summed E-state index contributed by atoms with van der Waals surface area (Å²) in [6.07, 6.45) is 1.94. The molecule has 0 saturated carbocycles. The van der Waals surface area contributed by atoms with Crippen molar-refractivity contribution in [3.63, 3.8) is 0 Å². The molecule has 0 saturated heterocycles. The Morgan fingerprint density at radius 1 is 1.53 bits per heavy atom. The summed E-state index contributed by atoms with van der Waals surface area (Å²) in [4.78, 5) is 13.7. The fraction of sp³-hybridized carbons (Fsp3) is 0.250. The fourth-order valence-corrected chi connectivity index (χ4v) is 1.80. The van der Waals surface area contributed by atoms with Gasteiger partial charge in [-0.3, -0.25) is 4.79 Å². The number of H-pyrrole nitrogens is 1. The molecule has 1 aromatic carbocycles. The zero-order chi connectivity index (χ0) is 12.4. The van der Waals surface area contributed by atoms with Gasteiger partial charge in [0.15, 0.2) is 0 Å². The number of carboxylic acid groups (broad SMARTS) is 1. The Bertz CT molecular complexity index is 550. The monoisotopic (exact) mass is 236 g/mol. The molecule has 2 rings (SSSR count). The second-order valence-corrected chi connectivity index (χ2v) is 3.98. The van der Waals surface area contributed by atoms with E-state index in [9.17, 15) is 9.18 Å². The molecule has 90 valence electrons. The molecule has 1 atom stereocenters. The third-order valence-corrected chi connectivity index (χ3v) is 2.74. The first kappa shape index (κ1) is 11.6. The Morgan fingerprint density at radius 2 is 2.29 bits per heavy atom. The molecule has 2 aromatic rings. The van der Waals surface area contributed by atoms with Crippen molar-refractivity contribution >= 4 is 16.9 Å². The van der Waals surface area contributed by atoms with Gasteiger partial charge in [0, 0.05) is 23.5 Å². The lowest BCUT2D eigenvalue weighted by Crippen LogP contribution is -2.32. The number of alkyl halides is 1. The van der Waals surface area contributed by atoms with E-state index in [4.69, 9.17) is 10.8 Å². The van der Waals surface area contributed by atoms with Crippen LogP contribution in [0, 0.1) is 0 Å². The van der Waals surface area contributed by atoms with Crippen LogP contribution in [0.25, 0.3) is 10.9 Å². The maximum Gasteiger partial charge on any atom is 0.320 e. The molecule has 0 unspecified atom stereocenters. The third kappa shape index (κ3) is 2.29. The highest BCUT2D eigenvalue weighted by Gasteiger charge is 2.14. The first-order valence-electron chi connectivity index (χ1n) is 5.25. The molecule has 5 heteroatoms. The van der Waals surface area contributed by atoms with Crippen LogP contribution in [0.1, 0.15) is 11.1 Å². The Kier molecular flexibility index (Phi) is 3.10. The van der Waals surface area contributed by atoms with Gasteiger partial charge in [-0.15, -0.1) is 0 Å². The van der Waals surface area contributed by atoms with Crippen molar-refractivity contribution < 1.29 is 14.3 Å². The van der Waals surface area contributed by atoms with E-state index < -0.39 is 18.7 Å². The fourth-order valence-electron chi connectivity index (χ4n) is 1.80. The standard InChI is InChI=1S/C12H13FN2O2/c13-5-7-1-2-11-9(3-7)8(6-15-11)4-10(14)12(16)17/h1-3,6,10,15H,4-5,14H2,(H,16,17)/t10-/m0/s1. The van der Waals surface area contributed by atoms with E-state index in [1.54, 1.807) is 24.4 Å². The Hall–Kier alpha value is -1.88. The van der Waals surface area contributed by atoms with Crippen LogP contribution in [-0.4, -0.2) is 22.1 Å². The van der Waals surface area contributed by atoms with Gasteiger partial charge in [-0.05, 0) is 23.3 Å². The quantitative estimate of drug-likeness (QED) is 0.754. The van der Waals surface area contributed by atoms with Crippen LogP contribution in [0.5, 0.6) is 0 Å². The van der Waals surface area contributed by atoms with Crippen molar-refractivity contribution in [1.29, 1.82) is 0 Å². The molecule has 0 amide bonds. The molecule has 0 aliphatic heterocycles. The molecule has 0 fully saturated rings. The number of fused-ring (bicyclic) bond motifs is 1. The van der Waals surface area contributed by atoms with Crippen LogP contribution in [0.4, 0.5) is 4.39 Å². The smallest absolute Gasteiger partial charge is 0.320 e. The molecule has 0 bridgehead atoms. The summed E-state index contributed by atoms with van der Waals surface area (Å²) in [6.45, 7) is -0.536. The molecule has 4 N–H and O–H groups in total. The summed E-state index contributed by atoms with van der Waals surface area (Å²) < 4.78 is 12.6. The van der Waals surface area contributed by atoms with Gasteiger partial charge < -0.3 is 15.8 Å². The number of aromatic amines is 1. The van der Waals surface area contributed by atoms with Gasteiger partial charge in [-0.25, -0.2) is 4.39 Å². The molecule has 0 spiro atoms. The Balaban J connectivity index is 2.37. The third-order valence-electron chi connectivity index (χ3n) is 2.74. The maximum absolute atomic E-state index is 12.6. The van der Waals surface area contributed by atoms with Crippen molar-refractivity contribution in [3.05, 3.63) is 35.5 Å².